The third-order valence-electron chi connectivity index (χ3n) is 5.05. The van der Waals surface area contributed by atoms with E-state index < -0.39 is 6.09 Å². The number of nitrogens with one attached hydrogen (secondary N) is 1. The number of aromatic nitrogens is 2. The van der Waals surface area contributed by atoms with Crippen LogP contribution in [0.2, 0.25) is 0 Å². The zero-order valence-corrected chi connectivity index (χ0v) is 15.6. The molecule has 1 saturated heterocycles. The lowest BCUT2D eigenvalue weighted by atomic mass is 10.0. The van der Waals surface area contributed by atoms with E-state index in [0.29, 0.717) is 34.7 Å². The first-order chi connectivity index (χ1) is 13.5. The number of carbonyl (C=O) groups is 1. The number of carboxylic acid groups (broad SMARTS) is 1. The van der Waals surface area contributed by atoms with E-state index >= 15 is 0 Å². The Morgan fingerprint density at radius 3 is 2.75 bits per heavy atom. The minimum Gasteiger partial charge on any atom is -0.507 e. The van der Waals surface area contributed by atoms with Crippen molar-refractivity contribution in [2.45, 2.75) is 25.8 Å². The Morgan fingerprint density at radius 1 is 1.21 bits per heavy atom. The summed E-state index contributed by atoms with van der Waals surface area (Å²) in [6.07, 6.45) is 0.628. The number of hydrogen-bond donors (Lipinski definition) is 3. The summed E-state index contributed by atoms with van der Waals surface area (Å²) in [5.74, 6) is 0.715. The summed E-state index contributed by atoms with van der Waals surface area (Å²) in [5.41, 5.74) is 2.14. The zero-order chi connectivity index (χ0) is 19.7. The van der Waals surface area contributed by atoms with Gasteiger partial charge in [0, 0.05) is 11.9 Å². The lowest BCUT2D eigenvalue weighted by molar-refractivity contribution is 0.197. The van der Waals surface area contributed by atoms with E-state index in [-0.39, 0.29) is 11.8 Å². The second-order valence-corrected chi connectivity index (χ2v) is 7.06. The molecule has 28 heavy (non-hydrogen) atoms. The van der Waals surface area contributed by atoms with Gasteiger partial charge in [-0.1, -0.05) is 18.2 Å². The standard InChI is InChI=1S/C21H22N4O3/c1-13-8-9-15-17(11-13)23-19(16-6-2-3-7-18(16)26)24-20(15)25(21(27)28)14-5-4-10-22-12-14/h2-3,6-9,11,14,22,26H,4-5,10,12H2,1H3,(H,27,28)/t14-/m1/s1. The molecule has 1 fully saturated rings. The minimum atomic E-state index is -1.04. The average Bonchev–Trinajstić information content (AvgIpc) is 2.68. The number of fused-ring (bicyclic) bond motifs is 1. The van der Waals surface area contributed by atoms with Gasteiger partial charge in [0.15, 0.2) is 5.82 Å². The van der Waals surface area contributed by atoms with E-state index in [9.17, 15) is 15.0 Å². The van der Waals surface area contributed by atoms with Crippen LogP contribution in [0.5, 0.6) is 5.75 Å². The Bertz CT molecular complexity index is 1030. The Balaban J connectivity index is 1.95. The number of nitrogens with zero attached hydrogens (tertiary/aromatic N) is 3. The summed E-state index contributed by atoms with van der Waals surface area (Å²) in [6, 6.07) is 12.3. The Hall–Kier alpha value is -3.19. The van der Waals surface area contributed by atoms with Gasteiger partial charge in [0.25, 0.3) is 0 Å². The molecule has 1 atom stereocenters. The van der Waals surface area contributed by atoms with Crippen LogP contribution in [0.4, 0.5) is 10.6 Å². The van der Waals surface area contributed by atoms with Crippen molar-refractivity contribution >= 4 is 22.8 Å². The summed E-state index contributed by atoms with van der Waals surface area (Å²) in [5, 5.41) is 24.2. The van der Waals surface area contributed by atoms with Crippen LogP contribution in [0, 0.1) is 6.92 Å². The van der Waals surface area contributed by atoms with Crippen LogP contribution in [0.1, 0.15) is 18.4 Å². The molecule has 2 heterocycles. The van der Waals surface area contributed by atoms with Gasteiger partial charge in [-0.3, -0.25) is 4.90 Å². The van der Waals surface area contributed by atoms with Gasteiger partial charge in [-0.2, -0.15) is 0 Å². The fraction of sp³-hybridized carbons (Fsp3) is 0.286. The normalized spacial score (nSPS) is 16.8. The summed E-state index contributed by atoms with van der Waals surface area (Å²) in [6.45, 7) is 3.42. The number of hydrogen-bond acceptors (Lipinski definition) is 5. The molecule has 0 spiro atoms. The molecule has 2 aromatic carbocycles. The Kier molecular flexibility index (Phi) is 4.83. The Labute approximate surface area is 162 Å². The molecule has 7 heteroatoms. The quantitative estimate of drug-likeness (QED) is 0.645. The predicted molar refractivity (Wildman–Crippen MR) is 108 cm³/mol. The van der Waals surface area contributed by atoms with Gasteiger partial charge in [-0.15, -0.1) is 0 Å². The lowest BCUT2D eigenvalue weighted by Crippen LogP contribution is -2.49. The lowest BCUT2D eigenvalue weighted by Gasteiger charge is -2.32. The number of aromatic hydroxyl groups is 1. The highest BCUT2D eigenvalue weighted by molar-refractivity contribution is 5.99. The summed E-state index contributed by atoms with van der Waals surface area (Å²) >= 11 is 0. The molecular weight excluding hydrogens is 356 g/mol. The molecule has 0 unspecified atom stereocenters. The number of phenols is 1. The predicted octanol–water partition coefficient (Wildman–Crippen LogP) is 3.55. The summed E-state index contributed by atoms with van der Waals surface area (Å²) < 4.78 is 0. The molecule has 3 N–H and O–H groups in total. The molecule has 4 rings (SSSR count). The summed E-state index contributed by atoms with van der Waals surface area (Å²) in [4.78, 5) is 22.8. The van der Waals surface area contributed by atoms with Gasteiger partial charge < -0.3 is 15.5 Å². The number of aryl methyl sites for hydroxylation is 1. The van der Waals surface area contributed by atoms with E-state index in [1.165, 1.54) is 4.90 Å². The monoisotopic (exact) mass is 378 g/mol. The maximum Gasteiger partial charge on any atom is 0.413 e. The number of amides is 1. The van der Waals surface area contributed by atoms with E-state index in [2.05, 4.69) is 15.3 Å². The van der Waals surface area contributed by atoms with Crippen molar-refractivity contribution < 1.29 is 15.0 Å². The zero-order valence-electron chi connectivity index (χ0n) is 15.6. The second kappa shape index (κ2) is 7.44. The van der Waals surface area contributed by atoms with Crippen LogP contribution < -0.4 is 10.2 Å². The largest absolute Gasteiger partial charge is 0.507 e. The first kappa shape index (κ1) is 18.2. The average molecular weight is 378 g/mol. The van der Waals surface area contributed by atoms with Crippen LogP contribution in [0.25, 0.3) is 22.3 Å². The molecule has 1 aliphatic heterocycles. The van der Waals surface area contributed by atoms with Gasteiger partial charge >= 0.3 is 6.09 Å². The van der Waals surface area contributed by atoms with Crippen LogP contribution in [-0.2, 0) is 0 Å². The van der Waals surface area contributed by atoms with Gasteiger partial charge in [-0.05, 0) is 56.1 Å². The van der Waals surface area contributed by atoms with E-state index in [0.717, 1.165) is 24.9 Å². The summed E-state index contributed by atoms with van der Waals surface area (Å²) in [7, 11) is 0. The minimum absolute atomic E-state index is 0.0571. The molecule has 0 bridgehead atoms. The molecular formula is C21H22N4O3. The molecule has 1 amide bonds. The van der Waals surface area contributed by atoms with Gasteiger partial charge in [-0.25, -0.2) is 14.8 Å². The number of anilines is 1. The number of phenolic OH excluding ortho intramolecular Hbond substituents is 1. The smallest absolute Gasteiger partial charge is 0.413 e. The molecule has 1 aliphatic rings. The first-order valence-electron chi connectivity index (χ1n) is 9.34. The number of para-hydroxylation sites is 1. The van der Waals surface area contributed by atoms with Crippen molar-refractivity contribution in [3.8, 4) is 17.1 Å². The highest BCUT2D eigenvalue weighted by Gasteiger charge is 2.30. The van der Waals surface area contributed by atoms with Gasteiger partial charge in [0.2, 0.25) is 0 Å². The maximum absolute atomic E-state index is 12.2. The van der Waals surface area contributed by atoms with Crippen molar-refractivity contribution in [1.29, 1.82) is 0 Å². The fourth-order valence-electron chi connectivity index (χ4n) is 3.66. The third kappa shape index (κ3) is 3.36. The number of benzene rings is 2. The van der Waals surface area contributed by atoms with Crippen LogP contribution in [0.15, 0.2) is 42.5 Å². The van der Waals surface area contributed by atoms with Crippen molar-refractivity contribution in [1.82, 2.24) is 15.3 Å². The number of piperidine rings is 1. The second-order valence-electron chi connectivity index (χ2n) is 7.06. The van der Waals surface area contributed by atoms with Gasteiger partial charge in [0.05, 0.1) is 17.1 Å². The van der Waals surface area contributed by atoms with Crippen molar-refractivity contribution in [3.05, 3.63) is 48.0 Å². The van der Waals surface area contributed by atoms with E-state index in [1.54, 1.807) is 24.3 Å². The Morgan fingerprint density at radius 2 is 2.04 bits per heavy atom. The topological polar surface area (TPSA) is 98.6 Å². The van der Waals surface area contributed by atoms with Gasteiger partial charge in [0.1, 0.15) is 11.6 Å². The molecule has 0 radical (unpaired) electrons. The van der Waals surface area contributed by atoms with Crippen molar-refractivity contribution in [2.24, 2.45) is 0 Å². The van der Waals surface area contributed by atoms with Crippen molar-refractivity contribution in [2.75, 3.05) is 18.0 Å². The molecule has 144 valence electrons. The first-order valence-corrected chi connectivity index (χ1v) is 9.34. The van der Waals surface area contributed by atoms with Crippen LogP contribution in [-0.4, -0.2) is 45.4 Å². The van der Waals surface area contributed by atoms with Crippen LogP contribution >= 0.6 is 0 Å². The molecule has 0 aliphatic carbocycles. The fourth-order valence-corrected chi connectivity index (χ4v) is 3.66. The molecule has 1 aromatic heterocycles. The SMILES string of the molecule is Cc1ccc2c(N(C(=O)O)[C@@H]3CCCNC3)nc(-c3ccccc3O)nc2c1. The molecule has 7 nitrogen and oxygen atoms in total. The number of rotatable bonds is 3. The van der Waals surface area contributed by atoms with Crippen molar-refractivity contribution in [3.63, 3.8) is 0 Å². The highest BCUT2D eigenvalue weighted by Crippen LogP contribution is 2.33. The van der Waals surface area contributed by atoms with E-state index in [4.69, 9.17) is 0 Å². The third-order valence-corrected chi connectivity index (χ3v) is 5.05. The molecule has 3 aromatic rings. The van der Waals surface area contributed by atoms with Crippen LogP contribution in [0.3, 0.4) is 0 Å². The van der Waals surface area contributed by atoms with E-state index in [1.807, 2.05) is 25.1 Å². The highest BCUT2D eigenvalue weighted by atomic mass is 16.4. The molecule has 0 saturated carbocycles. The maximum atomic E-state index is 12.2.